The lowest BCUT2D eigenvalue weighted by Gasteiger charge is -2.12. The molecule has 0 aromatic rings. The van der Waals surface area contributed by atoms with E-state index in [-0.39, 0.29) is 18.6 Å². The number of hydrogen-bond acceptors (Lipinski definition) is 4. The summed E-state index contributed by atoms with van der Waals surface area (Å²) in [6.45, 7) is 2.12. The van der Waals surface area contributed by atoms with Gasteiger partial charge < -0.3 is 15.2 Å². The van der Waals surface area contributed by atoms with Gasteiger partial charge in [-0.2, -0.15) is 0 Å². The van der Waals surface area contributed by atoms with E-state index in [1.807, 2.05) is 0 Å². The molecule has 0 saturated heterocycles. The minimum absolute atomic E-state index is 0.00960. The molecule has 11 heavy (non-hydrogen) atoms. The predicted octanol–water partition coefficient (Wildman–Crippen LogP) is -0.480. The Bertz CT molecular complexity index is 116. The molecule has 4 nitrogen and oxygen atoms in total. The van der Waals surface area contributed by atoms with Crippen LogP contribution in [0.15, 0.2) is 0 Å². The third-order valence-electron chi connectivity index (χ3n) is 1.34. The summed E-state index contributed by atoms with van der Waals surface area (Å²) in [7, 11) is 1.66. The molecule has 0 fully saturated rings. The van der Waals surface area contributed by atoms with Crippen molar-refractivity contribution in [3.63, 3.8) is 0 Å². The fourth-order valence-corrected chi connectivity index (χ4v) is 0.752. The lowest BCUT2D eigenvalue weighted by Crippen LogP contribution is -2.36. The number of likely N-dealkylation sites (N-methyl/N-ethyl adjacent to an activating group) is 1. The molecular weight excluding hydrogens is 146 g/mol. The van der Waals surface area contributed by atoms with Crippen molar-refractivity contribution in [1.82, 2.24) is 5.32 Å². The summed E-state index contributed by atoms with van der Waals surface area (Å²) < 4.78 is 4.73. The molecule has 2 N–H and O–H groups in total. The standard InChI is InChI=1S/C7H15NO3/c1-3-11-7(10)6(8-2)4-5-9/h6,8-9H,3-5H2,1-2H3/t6-/m0/s1. The highest BCUT2D eigenvalue weighted by atomic mass is 16.5. The van der Waals surface area contributed by atoms with Gasteiger partial charge >= 0.3 is 5.97 Å². The number of esters is 1. The molecule has 1 atom stereocenters. The van der Waals surface area contributed by atoms with Gasteiger partial charge in [-0.1, -0.05) is 0 Å². The van der Waals surface area contributed by atoms with Crippen LogP contribution in [0, 0.1) is 0 Å². The van der Waals surface area contributed by atoms with Crippen molar-refractivity contribution >= 4 is 5.97 Å². The van der Waals surface area contributed by atoms with E-state index in [1.54, 1.807) is 14.0 Å². The normalized spacial score (nSPS) is 12.6. The second kappa shape index (κ2) is 6.12. The van der Waals surface area contributed by atoms with Crippen LogP contribution in [0.4, 0.5) is 0 Å². The molecule has 0 aliphatic heterocycles. The van der Waals surface area contributed by atoms with Crippen LogP contribution in [0.5, 0.6) is 0 Å². The molecule has 0 aliphatic rings. The Kier molecular flexibility index (Phi) is 5.78. The third-order valence-corrected chi connectivity index (χ3v) is 1.34. The topological polar surface area (TPSA) is 58.6 Å². The Morgan fingerprint density at radius 2 is 2.36 bits per heavy atom. The third kappa shape index (κ3) is 3.95. The minimum atomic E-state index is -0.375. The first-order valence-electron chi connectivity index (χ1n) is 3.71. The maximum Gasteiger partial charge on any atom is 0.323 e. The first-order chi connectivity index (χ1) is 5.26. The summed E-state index contributed by atoms with van der Waals surface area (Å²) in [5.41, 5.74) is 0. The molecule has 0 amide bonds. The average Bonchev–Trinajstić information content (AvgIpc) is 2.00. The molecule has 0 radical (unpaired) electrons. The maximum absolute atomic E-state index is 11.0. The largest absolute Gasteiger partial charge is 0.465 e. The molecule has 0 heterocycles. The van der Waals surface area contributed by atoms with Crippen LogP contribution in [-0.2, 0) is 9.53 Å². The molecule has 0 aromatic heterocycles. The van der Waals surface area contributed by atoms with Crippen LogP contribution in [0.3, 0.4) is 0 Å². The van der Waals surface area contributed by atoms with Gasteiger partial charge in [0.25, 0.3) is 0 Å². The number of aliphatic hydroxyl groups is 1. The van der Waals surface area contributed by atoms with Crippen molar-refractivity contribution in [2.75, 3.05) is 20.3 Å². The van der Waals surface area contributed by atoms with E-state index in [0.717, 1.165) is 0 Å². The van der Waals surface area contributed by atoms with Crippen LogP contribution in [-0.4, -0.2) is 37.4 Å². The van der Waals surface area contributed by atoms with E-state index in [0.29, 0.717) is 13.0 Å². The molecule has 0 bridgehead atoms. The lowest BCUT2D eigenvalue weighted by molar-refractivity contribution is -0.145. The highest BCUT2D eigenvalue weighted by Crippen LogP contribution is 1.93. The molecule has 0 rings (SSSR count). The van der Waals surface area contributed by atoms with Crippen molar-refractivity contribution in [1.29, 1.82) is 0 Å². The summed E-state index contributed by atoms with van der Waals surface area (Å²) in [6.07, 6.45) is 0.398. The van der Waals surface area contributed by atoms with E-state index in [2.05, 4.69) is 5.32 Å². The van der Waals surface area contributed by atoms with E-state index in [1.165, 1.54) is 0 Å². The van der Waals surface area contributed by atoms with Crippen LogP contribution in [0.25, 0.3) is 0 Å². The van der Waals surface area contributed by atoms with E-state index >= 15 is 0 Å². The van der Waals surface area contributed by atoms with Crippen molar-refractivity contribution in [2.24, 2.45) is 0 Å². The van der Waals surface area contributed by atoms with Gasteiger partial charge in [-0.25, -0.2) is 0 Å². The van der Waals surface area contributed by atoms with Gasteiger partial charge in [-0.15, -0.1) is 0 Å². The zero-order valence-corrected chi connectivity index (χ0v) is 6.96. The van der Waals surface area contributed by atoms with E-state index in [4.69, 9.17) is 9.84 Å². The SMILES string of the molecule is CCOC(=O)[C@H](CCO)NC. The quantitative estimate of drug-likeness (QED) is 0.535. The summed E-state index contributed by atoms with van der Waals surface area (Å²) in [6, 6.07) is -0.375. The number of rotatable bonds is 5. The zero-order chi connectivity index (χ0) is 8.69. The van der Waals surface area contributed by atoms with Gasteiger partial charge in [0.2, 0.25) is 0 Å². The highest BCUT2D eigenvalue weighted by Gasteiger charge is 2.15. The van der Waals surface area contributed by atoms with Gasteiger partial charge in [0.1, 0.15) is 6.04 Å². The van der Waals surface area contributed by atoms with Gasteiger partial charge in [0, 0.05) is 6.61 Å². The Balaban J connectivity index is 3.71. The molecular formula is C7H15NO3. The number of carbonyl (C=O) groups is 1. The van der Waals surface area contributed by atoms with Crippen LogP contribution in [0.1, 0.15) is 13.3 Å². The Morgan fingerprint density at radius 1 is 1.73 bits per heavy atom. The summed E-state index contributed by atoms with van der Waals surface area (Å²) >= 11 is 0. The monoisotopic (exact) mass is 161 g/mol. The fourth-order valence-electron chi connectivity index (χ4n) is 0.752. The molecule has 0 aromatic carbocycles. The lowest BCUT2D eigenvalue weighted by atomic mass is 10.2. The number of ether oxygens (including phenoxy) is 1. The molecule has 0 spiro atoms. The van der Waals surface area contributed by atoms with Crippen molar-refractivity contribution < 1.29 is 14.6 Å². The number of carbonyl (C=O) groups excluding carboxylic acids is 1. The predicted molar refractivity (Wildman–Crippen MR) is 41.2 cm³/mol. The molecule has 0 unspecified atom stereocenters. The first-order valence-corrected chi connectivity index (χ1v) is 3.71. The second-order valence-corrected chi connectivity index (χ2v) is 2.11. The van der Waals surface area contributed by atoms with Gasteiger partial charge in [0.05, 0.1) is 6.61 Å². The Labute approximate surface area is 66.5 Å². The summed E-state index contributed by atoms with van der Waals surface area (Å²) in [5, 5.41) is 11.3. The first kappa shape index (κ1) is 10.4. The van der Waals surface area contributed by atoms with Gasteiger partial charge in [-0.05, 0) is 20.4 Å². The van der Waals surface area contributed by atoms with Crippen LogP contribution in [0.2, 0.25) is 0 Å². The maximum atomic E-state index is 11.0. The van der Waals surface area contributed by atoms with Crippen LogP contribution >= 0.6 is 0 Å². The second-order valence-electron chi connectivity index (χ2n) is 2.11. The molecule has 0 aliphatic carbocycles. The summed E-state index contributed by atoms with van der Waals surface area (Å²) in [5.74, 6) is -0.302. The number of aliphatic hydroxyl groups excluding tert-OH is 1. The van der Waals surface area contributed by atoms with Gasteiger partial charge in [-0.3, -0.25) is 4.79 Å². The number of hydrogen-bond donors (Lipinski definition) is 2. The van der Waals surface area contributed by atoms with Crippen molar-refractivity contribution in [3.05, 3.63) is 0 Å². The van der Waals surface area contributed by atoms with Crippen molar-refractivity contribution in [3.8, 4) is 0 Å². The highest BCUT2D eigenvalue weighted by molar-refractivity contribution is 5.75. The fraction of sp³-hybridized carbons (Fsp3) is 0.857. The van der Waals surface area contributed by atoms with E-state index in [9.17, 15) is 4.79 Å². The summed E-state index contributed by atoms with van der Waals surface area (Å²) in [4.78, 5) is 11.0. The minimum Gasteiger partial charge on any atom is -0.465 e. The Hall–Kier alpha value is -0.610. The molecule has 0 saturated carbocycles. The zero-order valence-electron chi connectivity index (χ0n) is 6.96. The van der Waals surface area contributed by atoms with Gasteiger partial charge in [0.15, 0.2) is 0 Å². The number of nitrogens with one attached hydrogen (secondary N) is 1. The van der Waals surface area contributed by atoms with Crippen molar-refractivity contribution in [2.45, 2.75) is 19.4 Å². The molecule has 66 valence electrons. The smallest absolute Gasteiger partial charge is 0.323 e. The molecule has 4 heteroatoms. The van der Waals surface area contributed by atoms with Crippen LogP contribution < -0.4 is 5.32 Å². The van der Waals surface area contributed by atoms with E-state index < -0.39 is 0 Å². The average molecular weight is 161 g/mol. The Morgan fingerprint density at radius 3 is 2.73 bits per heavy atom.